The van der Waals surface area contributed by atoms with Gasteiger partial charge in [-0.2, -0.15) is 4.31 Å². The van der Waals surface area contributed by atoms with Gasteiger partial charge in [-0.25, -0.2) is 13.2 Å². The van der Waals surface area contributed by atoms with Gasteiger partial charge < -0.3 is 13.9 Å². The second-order valence-electron chi connectivity index (χ2n) is 7.77. The lowest BCUT2D eigenvalue weighted by molar-refractivity contribution is -0.151. The first-order valence-corrected chi connectivity index (χ1v) is 11.5. The van der Waals surface area contributed by atoms with Crippen molar-refractivity contribution >= 4 is 22.0 Å². The zero-order valence-corrected chi connectivity index (χ0v) is 19.0. The maximum atomic E-state index is 13.2. The molecule has 1 aromatic carbocycles. The number of hydrogen-bond acceptors (Lipinski definition) is 7. The van der Waals surface area contributed by atoms with Crippen LogP contribution in [0.3, 0.4) is 0 Å². The van der Waals surface area contributed by atoms with Crippen LogP contribution in [-0.2, 0) is 30.9 Å². The van der Waals surface area contributed by atoms with Crippen molar-refractivity contribution in [1.29, 1.82) is 0 Å². The van der Waals surface area contributed by atoms with Gasteiger partial charge in [-0.15, -0.1) is 0 Å². The summed E-state index contributed by atoms with van der Waals surface area (Å²) in [6.07, 6.45) is 0.765. The van der Waals surface area contributed by atoms with E-state index in [-0.39, 0.29) is 31.4 Å². The number of sulfonamides is 1. The summed E-state index contributed by atoms with van der Waals surface area (Å²) in [6.45, 7) is 5.95. The van der Waals surface area contributed by atoms with Crippen LogP contribution in [0.2, 0.25) is 0 Å². The molecule has 0 aliphatic carbocycles. The van der Waals surface area contributed by atoms with Crippen molar-refractivity contribution in [3.05, 3.63) is 52.5 Å². The highest BCUT2D eigenvalue weighted by molar-refractivity contribution is 7.89. The lowest BCUT2D eigenvalue weighted by Gasteiger charge is -2.31. The normalized spacial score (nSPS) is 15.6. The van der Waals surface area contributed by atoms with E-state index in [0.717, 1.165) is 16.7 Å². The zero-order chi connectivity index (χ0) is 22.8. The molecule has 0 bridgehead atoms. The van der Waals surface area contributed by atoms with Gasteiger partial charge >= 0.3 is 11.9 Å². The fourth-order valence-electron chi connectivity index (χ4n) is 3.96. The van der Waals surface area contributed by atoms with Gasteiger partial charge in [-0.1, -0.05) is 17.7 Å². The molecule has 2 heterocycles. The van der Waals surface area contributed by atoms with E-state index in [1.54, 1.807) is 19.9 Å². The van der Waals surface area contributed by atoms with Crippen LogP contribution in [0.5, 0.6) is 0 Å². The molecule has 0 atom stereocenters. The van der Waals surface area contributed by atoms with Gasteiger partial charge in [0, 0.05) is 13.1 Å². The van der Waals surface area contributed by atoms with Crippen molar-refractivity contribution in [2.75, 3.05) is 20.2 Å². The zero-order valence-electron chi connectivity index (χ0n) is 18.1. The Morgan fingerprint density at radius 3 is 2.29 bits per heavy atom. The molecule has 1 saturated heterocycles. The van der Waals surface area contributed by atoms with Crippen LogP contribution in [0.15, 0.2) is 33.6 Å². The van der Waals surface area contributed by atoms with E-state index in [4.69, 9.17) is 9.15 Å². The number of methoxy groups -OCH3 is 1. The number of benzene rings is 1. The van der Waals surface area contributed by atoms with Gasteiger partial charge in [0.1, 0.15) is 12.4 Å². The van der Waals surface area contributed by atoms with E-state index in [1.807, 2.05) is 19.1 Å². The second-order valence-corrected chi connectivity index (χ2v) is 9.65. The lowest BCUT2D eigenvalue weighted by atomic mass is 9.98. The van der Waals surface area contributed by atoms with Crippen LogP contribution in [-0.4, -0.2) is 44.9 Å². The second kappa shape index (κ2) is 9.23. The van der Waals surface area contributed by atoms with E-state index in [0.29, 0.717) is 23.5 Å². The van der Waals surface area contributed by atoms with E-state index >= 15 is 0 Å². The topological polar surface area (TPSA) is 103 Å². The summed E-state index contributed by atoms with van der Waals surface area (Å²) in [5, 5.41) is 0. The average molecular weight is 450 g/mol. The van der Waals surface area contributed by atoms with Gasteiger partial charge in [0.15, 0.2) is 0 Å². The summed E-state index contributed by atoms with van der Waals surface area (Å²) in [7, 11) is -2.38. The predicted octanol–water partition coefficient (Wildman–Crippen LogP) is 3.14. The maximum absolute atomic E-state index is 13.2. The summed E-state index contributed by atoms with van der Waals surface area (Å²) < 4.78 is 42.9. The summed E-state index contributed by atoms with van der Waals surface area (Å²) >= 11 is 0. The average Bonchev–Trinajstić information content (AvgIpc) is 3.19. The molecular weight excluding hydrogens is 422 g/mol. The molecule has 1 aliphatic heterocycles. The Balaban J connectivity index is 1.58. The standard InChI is InChI=1S/C22H27NO7S/c1-14-11-15(2)20(16(3)12-14)31(26,27)23-9-7-17(8-10-23)21(24)29-13-18-5-6-19(30-18)22(25)28-4/h5-6,11-12,17H,7-10,13H2,1-4H3. The van der Waals surface area contributed by atoms with E-state index in [9.17, 15) is 18.0 Å². The third kappa shape index (κ3) is 4.99. The van der Waals surface area contributed by atoms with Crippen LogP contribution < -0.4 is 0 Å². The van der Waals surface area contributed by atoms with Gasteiger partial charge in [0.2, 0.25) is 15.8 Å². The molecule has 9 heteroatoms. The SMILES string of the molecule is COC(=O)c1ccc(COC(=O)C2CCN(S(=O)(=O)c3c(C)cc(C)cc3C)CC2)o1. The van der Waals surface area contributed by atoms with E-state index in [2.05, 4.69) is 4.74 Å². The minimum absolute atomic E-state index is 0.0359. The molecule has 1 aliphatic rings. The Labute approximate surface area is 182 Å². The minimum atomic E-state index is -3.63. The molecule has 0 saturated carbocycles. The molecule has 0 unspecified atom stereocenters. The Morgan fingerprint density at radius 2 is 1.71 bits per heavy atom. The van der Waals surface area contributed by atoms with Crippen LogP contribution in [0.4, 0.5) is 0 Å². The van der Waals surface area contributed by atoms with Crippen molar-refractivity contribution in [1.82, 2.24) is 4.31 Å². The smallest absolute Gasteiger partial charge is 0.373 e. The first-order chi connectivity index (χ1) is 14.6. The summed E-state index contributed by atoms with van der Waals surface area (Å²) in [4.78, 5) is 24.2. The first-order valence-electron chi connectivity index (χ1n) is 10.0. The van der Waals surface area contributed by atoms with Crippen LogP contribution in [0.1, 0.15) is 45.8 Å². The van der Waals surface area contributed by atoms with Crippen molar-refractivity contribution in [2.24, 2.45) is 5.92 Å². The monoisotopic (exact) mass is 449 g/mol. The number of esters is 2. The molecular formula is C22H27NO7S. The fraction of sp³-hybridized carbons (Fsp3) is 0.455. The molecule has 0 radical (unpaired) electrons. The highest BCUT2D eigenvalue weighted by Crippen LogP contribution is 2.29. The third-order valence-corrected chi connectivity index (χ3v) is 7.60. The molecule has 3 rings (SSSR count). The quantitative estimate of drug-likeness (QED) is 0.624. The number of piperidine rings is 1. The Kier molecular flexibility index (Phi) is 6.86. The first kappa shape index (κ1) is 23.0. The van der Waals surface area contributed by atoms with Crippen LogP contribution >= 0.6 is 0 Å². The molecule has 2 aromatic rings. The molecule has 31 heavy (non-hydrogen) atoms. The van der Waals surface area contributed by atoms with Gasteiger partial charge in [0.25, 0.3) is 0 Å². The van der Waals surface area contributed by atoms with Gasteiger partial charge in [-0.05, 0) is 56.9 Å². The number of hydrogen-bond donors (Lipinski definition) is 0. The lowest BCUT2D eigenvalue weighted by Crippen LogP contribution is -2.41. The highest BCUT2D eigenvalue weighted by Gasteiger charge is 2.34. The number of ether oxygens (including phenoxy) is 2. The molecule has 1 aromatic heterocycles. The van der Waals surface area contributed by atoms with Crippen molar-refractivity contribution in [3.63, 3.8) is 0 Å². The van der Waals surface area contributed by atoms with Crippen LogP contribution in [0.25, 0.3) is 0 Å². The highest BCUT2D eigenvalue weighted by atomic mass is 32.2. The number of nitrogens with zero attached hydrogens (tertiary/aromatic N) is 1. The fourth-order valence-corrected chi connectivity index (χ4v) is 5.84. The number of furan rings is 1. The van der Waals surface area contributed by atoms with Crippen molar-refractivity contribution < 1.29 is 31.9 Å². The molecule has 0 spiro atoms. The van der Waals surface area contributed by atoms with Gasteiger partial charge in [0.05, 0.1) is 17.9 Å². The summed E-state index contributed by atoms with van der Waals surface area (Å²) in [6, 6.07) is 6.73. The van der Waals surface area contributed by atoms with Crippen molar-refractivity contribution in [2.45, 2.75) is 45.1 Å². The minimum Gasteiger partial charge on any atom is -0.463 e. The molecule has 8 nitrogen and oxygen atoms in total. The molecule has 0 N–H and O–H groups in total. The largest absolute Gasteiger partial charge is 0.463 e. The maximum Gasteiger partial charge on any atom is 0.373 e. The molecule has 0 amide bonds. The van der Waals surface area contributed by atoms with E-state index in [1.165, 1.54) is 17.5 Å². The Hall–Kier alpha value is -2.65. The van der Waals surface area contributed by atoms with Crippen LogP contribution in [0, 0.1) is 26.7 Å². The number of aryl methyl sites for hydroxylation is 3. The Morgan fingerprint density at radius 1 is 1.10 bits per heavy atom. The third-order valence-electron chi connectivity index (χ3n) is 5.39. The van der Waals surface area contributed by atoms with Crippen molar-refractivity contribution in [3.8, 4) is 0 Å². The number of carbonyl (C=O) groups excluding carboxylic acids is 2. The summed E-state index contributed by atoms with van der Waals surface area (Å²) in [5.41, 5.74) is 2.47. The summed E-state index contributed by atoms with van der Waals surface area (Å²) in [5.74, 6) is -1.03. The predicted molar refractivity (Wildman–Crippen MR) is 112 cm³/mol. The molecule has 168 valence electrons. The van der Waals surface area contributed by atoms with E-state index < -0.39 is 22.0 Å². The Bertz CT molecular complexity index is 1060. The molecule has 1 fully saturated rings. The number of rotatable bonds is 6. The number of carbonyl (C=O) groups is 2. The van der Waals surface area contributed by atoms with Gasteiger partial charge in [-0.3, -0.25) is 4.79 Å².